The fourth-order valence-electron chi connectivity index (χ4n) is 1.95. The van der Waals surface area contributed by atoms with Crippen LogP contribution in [0, 0.1) is 0 Å². The summed E-state index contributed by atoms with van der Waals surface area (Å²) in [5.74, 6) is -0.898. The molecule has 0 amide bonds. The summed E-state index contributed by atoms with van der Waals surface area (Å²) in [6, 6.07) is 3.25. The molecule has 3 N–H and O–H groups in total. The molecule has 0 aliphatic rings. The average molecular weight is 502 g/mol. The molecule has 158 valence electrons. The van der Waals surface area contributed by atoms with Crippen LogP contribution in [0.3, 0.4) is 0 Å². The van der Waals surface area contributed by atoms with Crippen LogP contribution in [0.4, 0.5) is 5.82 Å². The number of carbonyl (C=O) groups is 1. The summed E-state index contributed by atoms with van der Waals surface area (Å²) in [4.78, 5) is 19.2. The summed E-state index contributed by atoms with van der Waals surface area (Å²) in [5, 5.41) is -0.0164. The zero-order chi connectivity index (χ0) is 21.8. The highest BCUT2D eigenvalue weighted by atomic mass is 35.5. The van der Waals surface area contributed by atoms with E-state index in [1.165, 1.54) is 32.4 Å². The molecule has 0 aliphatic heterocycles. The Bertz CT molecular complexity index is 1020. The van der Waals surface area contributed by atoms with Gasteiger partial charge in [0.25, 0.3) is 15.9 Å². The molecule has 0 aliphatic carbocycles. The number of carbonyl (C=O) groups excluding carboxylic acids is 1. The summed E-state index contributed by atoms with van der Waals surface area (Å²) in [5.41, 5.74) is 5.67. The Morgan fingerprint density at radius 1 is 1.28 bits per heavy atom. The molecular formula is C15H15Cl3N4O5S2. The number of sulfonamides is 1. The van der Waals surface area contributed by atoms with Crippen molar-refractivity contribution in [2.24, 2.45) is 5.73 Å². The van der Waals surface area contributed by atoms with Gasteiger partial charge in [0, 0.05) is 5.75 Å². The summed E-state index contributed by atoms with van der Waals surface area (Å²) < 4.78 is 37.2. The third-order valence-electron chi connectivity index (χ3n) is 3.33. The van der Waals surface area contributed by atoms with Gasteiger partial charge >= 0.3 is 5.97 Å². The van der Waals surface area contributed by atoms with Gasteiger partial charge in [-0.3, -0.25) is 9.52 Å². The van der Waals surface area contributed by atoms with Gasteiger partial charge < -0.3 is 15.2 Å². The molecule has 1 atom stereocenters. The van der Waals surface area contributed by atoms with E-state index in [0.717, 1.165) is 11.8 Å². The number of thioether (sulfide) groups is 1. The second-order valence-corrected chi connectivity index (χ2v) is 9.08. The van der Waals surface area contributed by atoms with Crippen molar-refractivity contribution in [3.05, 3.63) is 33.4 Å². The lowest BCUT2D eigenvalue weighted by Gasteiger charge is -2.14. The van der Waals surface area contributed by atoms with Crippen molar-refractivity contribution in [3.8, 4) is 5.88 Å². The summed E-state index contributed by atoms with van der Waals surface area (Å²) in [6.07, 6.45) is 0. The zero-order valence-electron chi connectivity index (χ0n) is 15.0. The fourth-order valence-corrected chi connectivity index (χ4v) is 4.79. The Balaban J connectivity index is 2.31. The van der Waals surface area contributed by atoms with Crippen molar-refractivity contribution in [1.82, 2.24) is 9.97 Å². The van der Waals surface area contributed by atoms with Crippen LogP contribution in [0.1, 0.15) is 0 Å². The second kappa shape index (κ2) is 10.0. The maximum absolute atomic E-state index is 12.7. The van der Waals surface area contributed by atoms with E-state index in [9.17, 15) is 13.2 Å². The van der Waals surface area contributed by atoms with Gasteiger partial charge in [-0.1, -0.05) is 40.9 Å². The predicted molar refractivity (Wildman–Crippen MR) is 112 cm³/mol. The van der Waals surface area contributed by atoms with Gasteiger partial charge in [-0.15, -0.1) is 11.8 Å². The first kappa shape index (κ1) is 23.8. The minimum atomic E-state index is -4.16. The monoisotopic (exact) mass is 500 g/mol. The number of nitrogens with one attached hydrogen (secondary N) is 1. The van der Waals surface area contributed by atoms with E-state index in [0.29, 0.717) is 0 Å². The standard InChI is InChI=1S/C15H15Cl3N4O5S2/c1-26-13-12(22-29(24,25)9-5-3-4-7(16)10(9)17)20-11(18)14(21-13)28-6-8(19)15(23)27-2/h3-5,8H,6,19H2,1-2H3,(H,20,22)/t8-/m0/s1. The van der Waals surface area contributed by atoms with E-state index in [4.69, 9.17) is 45.3 Å². The molecule has 1 aromatic heterocycles. The van der Waals surface area contributed by atoms with Gasteiger partial charge in [-0.2, -0.15) is 0 Å². The van der Waals surface area contributed by atoms with Crippen molar-refractivity contribution in [2.75, 3.05) is 24.7 Å². The molecule has 14 heteroatoms. The molecule has 2 rings (SSSR count). The molecule has 2 aromatic rings. The summed E-state index contributed by atoms with van der Waals surface area (Å²) in [6.45, 7) is 0. The van der Waals surface area contributed by atoms with Gasteiger partial charge in [0.15, 0.2) is 5.15 Å². The van der Waals surface area contributed by atoms with Crippen molar-refractivity contribution >= 4 is 68.4 Å². The average Bonchev–Trinajstić information content (AvgIpc) is 2.68. The maximum Gasteiger partial charge on any atom is 0.323 e. The van der Waals surface area contributed by atoms with E-state index in [1.807, 2.05) is 0 Å². The SMILES string of the molecule is COC(=O)[C@@H](N)CSc1nc(OC)c(NS(=O)(=O)c2cccc(Cl)c2Cl)nc1Cl. The highest BCUT2D eigenvalue weighted by Gasteiger charge is 2.24. The maximum atomic E-state index is 12.7. The van der Waals surface area contributed by atoms with E-state index in [1.54, 1.807) is 0 Å². The minimum absolute atomic E-state index is 0.0688. The number of hydrogen-bond acceptors (Lipinski definition) is 9. The molecule has 0 spiro atoms. The highest BCUT2D eigenvalue weighted by molar-refractivity contribution is 7.99. The lowest BCUT2D eigenvalue weighted by atomic mass is 10.4. The molecule has 1 aromatic carbocycles. The van der Waals surface area contributed by atoms with Gasteiger partial charge in [0.2, 0.25) is 5.82 Å². The fraction of sp³-hybridized carbons (Fsp3) is 0.267. The van der Waals surface area contributed by atoms with E-state index < -0.39 is 22.0 Å². The Morgan fingerprint density at radius 3 is 2.59 bits per heavy atom. The normalized spacial score (nSPS) is 12.3. The lowest BCUT2D eigenvalue weighted by molar-refractivity contribution is -0.141. The number of halogens is 3. The molecule has 0 bridgehead atoms. The molecule has 0 fully saturated rings. The first-order valence-electron chi connectivity index (χ1n) is 7.65. The van der Waals surface area contributed by atoms with E-state index in [-0.39, 0.29) is 42.6 Å². The van der Waals surface area contributed by atoms with Crippen LogP contribution >= 0.6 is 46.6 Å². The van der Waals surface area contributed by atoms with Crippen LogP contribution in [-0.2, 0) is 19.6 Å². The number of nitrogens with zero attached hydrogens (tertiary/aromatic N) is 2. The van der Waals surface area contributed by atoms with Crippen molar-refractivity contribution in [2.45, 2.75) is 16.0 Å². The number of benzene rings is 1. The van der Waals surface area contributed by atoms with Crippen LogP contribution in [0.5, 0.6) is 5.88 Å². The molecule has 0 saturated carbocycles. The first-order chi connectivity index (χ1) is 13.6. The number of methoxy groups -OCH3 is 2. The quantitative estimate of drug-likeness (QED) is 0.413. The zero-order valence-corrected chi connectivity index (χ0v) is 18.9. The number of anilines is 1. The number of hydrogen-bond donors (Lipinski definition) is 2. The first-order valence-corrected chi connectivity index (χ1v) is 11.3. The van der Waals surface area contributed by atoms with Crippen molar-refractivity contribution in [3.63, 3.8) is 0 Å². The Labute approximate surface area is 186 Å². The van der Waals surface area contributed by atoms with Gasteiger partial charge in [-0.25, -0.2) is 18.4 Å². The Morgan fingerprint density at radius 2 is 1.97 bits per heavy atom. The molecule has 0 saturated heterocycles. The van der Waals surface area contributed by atoms with Gasteiger partial charge in [0.1, 0.15) is 16.0 Å². The summed E-state index contributed by atoms with van der Waals surface area (Å²) in [7, 11) is -1.67. The minimum Gasteiger partial charge on any atom is -0.478 e. The number of rotatable bonds is 8. The van der Waals surface area contributed by atoms with Crippen LogP contribution in [-0.4, -0.2) is 50.4 Å². The smallest absolute Gasteiger partial charge is 0.323 e. The van der Waals surface area contributed by atoms with Crippen molar-refractivity contribution < 1.29 is 22.7 Å². The van der Waals surface area contributed by atoms with E-state index >= 15 is 0 Å². The number of nitrogens with two attached hydrogens (primary N) is 1. The molecule has 9 nitrogen and oxygen atoms in total. The Hall–Kier alpha value is -1.50. The Kier molecular flexibility index (Phi) is 8.20. The molecular weight excluding hydrogens is 487 g/mol. The topological polar surface area (TPSA) is 134 Å². The number of aromatic nitrogens is 2. The molecule has 1 heterocycles. The lowest BCUT2D eigenvalue weighted by Crippen LogP contribution is -2.33. The van der Waals surface area contributed by atoms with Crippen LogP contribution < -0.4 is 15.2 Å². The van der Waals surface area contributed by atoms with Crippen LogP contribution in [0.15, 0.2) is 28.1 Å². The summed E-state index contributed by atoms with van der Waals surface area (Å²) >= 11 is 19.0. The second-order valence-electron chi connectivity index (χ2n) is 5.28. The van der Waals surface area contributed by atoms with Crippen molar-refractivity contribution in [1.29, 1.82) is 0 Å². The molecule has 0 unspecified atom stereocenters. The van der Waals surface area contributed by atoms with Crippen LogP contribution in [0.25, 0.3) is 0 Å². The van der Waals surface area contributed by atoms with Crippen LogP contribution in [0.2, 0.25) is 15.2 Å². The molecule has 29 heavy (non-hydrogen) atoms. The largest absolute Gasteiger partial charge is 0.478 e. The number of esters is 1. The van der Waals surface area contributed by atoms with Gasteiger partial charge in [-0.05, 0) is 12.1 Å². The van der Waals surface area contributed by atoms with Gasteiger partial charge in [0.05, 0.1) is 24.3 Å². The highest BCUT2D eigenvalue weighted by Crippen LogP contribution is 2.34. The molecule has 0 radical (unpaired) electrons. The van der Waals surface area contributed by atoms with E-state index in [2.05, 4.69) is 19.4 Å². The third-order valence-corrected chi connectivity index (χ3v) is 7.10. The predicted octanol–water partition coefficient (Wildman–Crippen LogP) is 2.84. The number of ether oxygens (including phenoxy) is 2. The third kappa shape index (κ3) is 5.77.